The number of pyridine rings is 2. The van der Waals surface area contributed by atoms with Crippen LogP contribution in [0.25, 0.3) is 5.57 Å². The van der Waals surface area contributed by atoms with E-state index in [0.717, 1.165) is 29.8 Å². The molecule has 0 spiro atoms. The Morgan fingerprint density at radius 1 is 1.22 bits per heavy atom. The molecule has 0 bridgehead atoms. The topological polar surface area (TPSA) is 96.9 Å². The number of aromatic nitrogens is 2. The lowest BCUT2D eigenvalue weighted by Gasteiger charge is -2.30. The molecule has 9 nitrogen and oxygen atoms in total. The number of rotatable bonds is 8. The maximum Gasteiger partial charge on any atom is 0.410 e. The van der Waals surface area contributed by atoms with Gasteiger partial charge in [0.25, 0.3) is 0 Å². The molecule has 3 heterocycles. The molecule has 2 amide bonds. The first kappa shape index (κ1) is 28.4. The van der Waals surface area contributed by atoms with Crippen LogP contribution in [0.4, 0.5) is 10.6 Å². The van der Waals surface area contributed by atoms with Gasteiger partial charge in [0.2, 0.25) is 5.91 Å². The lowest BCUT2D eigenvalue weighted by atomic mass is 10.0. The van der Waals surface area contributed by atoms with Crippen molar-refractivity contribution in [3.8, 4) is 5.75 Å². The molecular weight excluding hydrogens is 494 g/mol. The van der Waals surface area contributed by atoms with Crippen LogP contribution >= 0.6 is 11.6 Å². The molecule has 2 aromatic heterocycles. The van der Waals surface area contributed by atoms with Crippen molar-refractivity contribution in [3.63, 3.8) is 0 Å². The fourth-order valence-corrected chi connectivity index (χ4v) is 4.00. The monoisotopic (exact) mass is 529 g/mol. The molecule has 200 valence electrons. The van der Waals surface area contributed by atoms with Crippen molar-refractivity contribution in [2.24, 2.45) is 0 Å². The Hall–Kier alpha value is -3.17. The number of hydrogen-bond donors (Lipinski definition) is 1. The summed E-state index contributed by atoms with van der Waals surface area (Å²) in [6.45, 7) is 9.27. The van der Waals surface area contributed by atoms with Gasteiger partial charge in [-0.05, 0) is 65.4 Å². The van der Waals surface area contributed by atoms with Crippen LogP contribution in [-0.2, 0) is 16.0 Å². The summed E-state index contributed by atoms with van der Waals surface area (Å²) in [5, 5.41) is 3.17. The summed E-state index contributed by atoms with van der Waals surface area (Å²) in [7, 11) is 3.93. The number of nitrogens with zero attached hydrogens (tertiary/aromatic N) is 4. The molecule has 0 radical (unpaired) electrons. The van der Waals surface area contributed by atoms with Crippen LogP contribution in [0.2, 0.25) is 5.02 Å². The van der Waals surface area contributed by atoms with Gasteiger partial charge in [0.1, 0.15) is 28.3 Å². The van der Waals surface area contributed by atoms with Crippen LogP contribution in [0.5, 0.6) is 5.75 Å². The highest BCUT2D eigenvalue weighted by Gasteiger charge is 2.25. The zero-order chi connectivity index (χ0) is 27.2. The Labute approximate surface area is 223 Å². The Morgan fingerprint density at radius 2 is 1.97 bits per heavy atom. The van der Waals surface area contributed by atoms with E-state index in [1.54, 1.807) is 17.2 Å². The summed E-state index contributed by atoms with van der Waals surface area (Å²) < 4.78 is 11.4. The molecule has 1 N–H and O–H groups in total. The smallest absolute Gasteiger partial charge is 0.410 e. The van der Waals surface area contributed by atoms with E-state index in [-0.39, 0.29) is 24.5 Å². The standard InChI is InChI=1S/C27H36ClN5O4/c1-18(16-32(5)6)36-23-13-24(30-15-21(23)28)31-25(34)12-19-9-10-22(29-14-19)20-8-7-11-33(17-20)26(35)37-27(2,3)4/h8-10,13-15,18H,7,11-12,16-17H2,1-6H3,(H,30,31,34). The third-order valence-corrected chi connectivity index (χ3v) is 5.64. The number of amides is 2. The van der Waals surface area contributed by atoms with Gasteiger partial charge in [0.15, 0.2) is 0 Å². The van der Waals surface area contributed by atoms with Crippen molar-refractivity contribution in [1.82, 2.24) is 19.8 Å². The lowest BCUT2D eigenvalue weighted by molar-refractivity contribution is -0.115. The predicted molar refractivity (Wildman–Crippen MR) is 145 cm³/mol. The second-order valence-electron chi connectivity index (χ2n) is 10.4. The van der Waals surface area contributed by atoms with E-state index in [9.17, 15) is 9.59 Å². The molecule has 0 aliphatic carbocycles. The van der Waals surface area contributed by atoms with E-state index in [1.807, 2.05) is 58.8 Å². The summed E-state index contributed by atoms with van der Waals surface area (Å²) in [6.07, 6.45) is 5.67. The highest BCUT2D eigenvalue weighted by molar-refractivity contribution is 6.32. The quantitative estimate of drug-likeness (QED) is 0.531. The van der Waals surface area contributed by atoms with E-state index < -0.39 is 5.60 Å². The molecule has 2 aromatic rings. The first-order valence-corrected chi connectivity index (χ1v) is 12.7. The van der Waals surface area contributed by atoms with Gasteiger partial charge in [-0.3, -0.25) is 9.78 Å². The third kappa shape index (κ3) is 9.02. The Kier molecular flexibility index (Phi) is 9.50. The minimum atomic E-state index is -0.542. The summed E-state index contributed by atoms with van der Waals surface area (Å²) >= 11 is 6.22. The van der Waals surface area contributed by atoms with E-state index in [4.69, 9.17) is 21.1 Å². The number of anilines is 1. The molecule has 1 aliphatic heterocycles. The Balaban J connectivity index is 1.57. The lowest BCUT2D eigenvalue weighted by Crippen LogP contribution is -2.39. The third-order valence-electron chi connectivity index (χ3n) is 5.36. The minimum absolute atomic E-state index is 0.0847. The summed E-state index contributed by atoms with van der Waals surface area (Å²) in [4.78, 5) is 37.5. The number of hydrogen-bond acceptors (Lipinski definition) is 7. The SMILES string of the molecule is CC(CN(C)C)Oc1cc(NC(=O)Cc2ccc(C3=CCCN(C(=O)OC(C)(C)C)C3)nc2)ncc1Cl. The van der Waals surface area contributed by atoms with Crippen LogP contribution < -0.4 is 10.1 Å². The zero-order valence-corrected chi connectivity index (χ0v) is 23.1. The van der Waals surface area contributed by atoms with Gasteiger partial charge in [0.05, 0.1) is 24.9 Å². The number of carbonyl (C=O) groups excluding carboxylic acids is 2. The van der Waals surface area contributed by atoms with Gasteiger partial charge in [-0.25, -0.2) is 9.78 Å². The maximum atomic E-state index is 12.6. The average molecular weight is 530 g/mol. The zero-order valence-electron chi connectivity index (χ0n) is 22.4. The van der Waals surface area contributed by atoms with Crippen molar-refractivity contribution in [2.75, 3.05) is 39.0 Å². The molecule has 1 atom stereocenters. The Bertz CT molecular complexity index is 1130. The van der Waals surface area contributed by atoms with Crippen molar-refractivity contribution in [3.05, 3.63) is 52.9 Å². The number of ether oxygens (including phenoxy) is 2. The molecule has 37 heavy (non-hydrogen) atoms. The van der Waals surface area contributed by atoms with Gasteiger partial charge in [-0.1, -0.05) is 23.7 Å². The second-order valence-corrected chi connectivity index (χ2v) is 10.8. The predicted octanol–water partition coefficient (Wildman–Crippen LogP) is 4.66. The minimum Gasteiger partial charge on any atom is -0.488 e. The van der Waals surface area contributed by atoms with Gasteiger partial charge in [-0.15, -0.1) is 0 Å². The number of nitrogens with one attached hydrogen (secondary N) is 1. The van der Waals surface area contributed by atoms with Crippen molar-refractivity contribution in [1.29, 1.82) is 0 Å². The molecule has 0 saturated heterocycles. The second kappa shape index (κ2) is 12.4. The molecule has 1 aliphatic rings. The fourth-order valence-electron chi connectivity index (χ4n) is 3.85. The van der Waals surface area contributed by atoms with E-state index in [0.29, 0.717) is 29.7 Å². The molecule has 1 unspecified atom stereocenters. The number of halogens is 1. The summed E-state index contributed by atoms with van der Waals surface area (Å²) in [5.41, 5.74) is 1.94. The van der Waals surface area contributed by atoms with Crippen LogP contribution in [-0.4, -0.2) is 77.2 Å². The summed E-state index contributed by atoms with van der Waals surface area (Å²) in [6, 6.07) is 5.35. The van der Waals surface area contributed by atoms with Crippen LogP contribution in [0, 0.1) is 0 Å². The maximum absolute atomic E-state index is 12.6. The normalized spacial score (nSPS) is 14.7. The van der Waals surface area contributed by atoms with E-state index in [1.165, 1.54) is 6.20 Å². The van der Waals surface area contributed by atoms with E-state index in [2.05, 4.69) is 21.4 Å². The summed E-state index contributed by atoms with van der Waals surface area (Å²) in [5.74, 6) is 0.596. The first-order chi connectivity index (χ1) is 17.4. The van der Waals surface area contributed by atoms with Gasteiger partial charge in [-0.2, -0.15) is 0 Å². The van der Waals surface area contributed by atoms with Crippen molar-refractivity contribution in [2.45, 2.75) is 52.2 Å². The molecule has 3 rings (SSSR count). The van der Waals surface area contributed by atoms with Gasteiger partial charge in [0, 0.05) is 25.4 Å². The van der Waals surface area contributed by atoms with Crippen molar-refractivity contribution >= 4 is 35.0 Å². The van der Waals surface area contributed by atoms with Gasteiger partial charge < -0.3 is 24.6 Å². The van der Waals surface area contributed by atoms with Crippen LogP contribution in [0.3, 0.4) is 0 Å². The molecule has 0 aromatic carbocycles. The van der Waals surface area contributed by atoms with Gasteiger partial charge >= 0.3 is 6.09 Å². The number of likely N-dealkylation sites (N-methyl/N-ethyl adjacent to an activating group) is 1. The van der Waals surface area contributed by atoms with Crippen molar-refractivity contribution < 1.29 is 19.1 Å². The van der Waals surface area contributed by atoms with E-state index >= 15 is 0 Å². The largest absolute Gasteiger partial charge is 0.488 e. The molecule has 10 heteroatoms. The highest BCUT2D eigenvalue weighted by atomic mass is 35.5. The first-order valence-electron chi connectivity index (χ1n) is 12.3. The molecule has 0 saturated carbocycles. The van der Waals surface area contributed by atoms with Crippen LogP contribution in [0.15, 0.2) is 36.7 Å². The van der Waals surface area contributed by atoms with Crippen LogP contribution in [0.1, 0.15) is 45.4 Å². The Morgan fingerprint density at radius 3 is 2.62 bits per heavy atom. The molecular formula is C27H36ClN5O4. The highest BCUT2D eigenvalue weighted by Crippen LogP contribution is 2.27. The number of carbonyl (C=O) groups is 2. The average Bonchev–Trinajstić information content (AvgIpc) is 2.80. The fraction of sp³-hybridized carbons (Fsp3) is 0.481. The molecule has 0 fully saturated rings.